The largest absolute Gasteiger partial charge is 0.304 e. The van der Waals surface area contributed by atoms with Gasteiger partial charge in [-0.3, -0.25) is 4.55 Å². The molecule has 7 nitrogen and oxygen atoms in total. The number of thiophene rings is 2. The summed E-state index contributed by atoms with van der Waals surface area (Å²) in [6.07, 6.45) is 12.3. The molecule has 6 aromatic rings. The molecule has 0 radical (unpaired) electrons. The molecule has 0 saturated heterocycles. The zero-order valence-corrected chi connectivity index (χ0v) is 30.8. The Morgan fingerprint density at radius 2 is 1.31 bits per heavy atom. The van der Waals surface area contributed by atoms with Crippen LogP contribution in [0.2, 0.25) is 20.1 Å². The van der Waals surface area contributed by atoms with E-state index in [1.54, 1.807) is 40.3 Å². The number of unbranched alkanes of at least 4 members (excludes halogenated alkanes) is 2. The maximum Gasteiger partial charge on any atom is 0.304 e. The summed E-state index contributed by atoms with van der Waals surface area (Å²) in [6.45, 7) is 0. The van der Waals surface area contributed by atoms with E-state index in [9.17, 15) is 13.0 Å². The van der Waals surface area contributed by atoms with Gasteiger partial charge < -0.3 is 0 Å². The lowest BCUT2D eigenvalue weighted by Gasteiger charge is -2.08. The van der Waals surface area contributed by atoms with E-state index in [4.69, 9.17) is 56.6 Å². The predicted octanol–water partition coefficient (Wildman–Crippen LogP) is 11.1. The highest BCUT2D eigenvalue weighted by Crippen LogP contribution is 2.47. The van der Waals surface area contributed by atoms with Gasteiger partial charge in [0.25, 0.3) is 0 Å². The average molecular weight is 787 g/mol. The van der Waals surface area contributed by atoms with Crippen molar-refractivity contribution >= 4 is 91.3 Å². The van der Waals surface area contributed by atoms with Gasteiger partial charge >= 0.3 is 10.1 Å². The van der Waals surface area contributed by atoms with Crippen molar-refractivity contribution in [3.63, 3.8) is 0 Å². The monoisotopic (exact) mass is 784 g/mol. The Kier molecular flexibility index (Phi) is 8.65. The predicted molar refractivity (Wildman–Crippen MR) is 201 cm³/mol. The Labute approximate surface area is 310 Å². The second-order valence-electron chi connectivity index (χ2n) is 11.7. The molecule has 2 aliphatic rings. The van der Waals surface area contributed by atoms with E-state index in [0.717, 1.165) is 81.5 Å². The molecule has 14 heteroatoms. The number of halogens is 4. The number of hydrogen-bond donors (Lipinski definition) is 1. The molecule has 4 heterocycles. The van der Waals surface area contributed by atoms with Gasteiger partial charge in [-0.15, -0.1) is 22.7 Å². The molecular formula is C35H24Cl4N4O3S3. The van der Waals surface area contributed by atoms with Gasteiger partial charge in [0.05, 0.1) is 54.0 Å². The minimum atomic E-state index is -4.33. The fraction of sp³-hybridized carbons (Fsp3) is 0.143. The van der Waals surface area contributed by atoms with Crippen LogP contribution in [0.3, 0.4) is 0 Å². The maximum absolute atomic E-state index is 11.9. The molecule has 0 fully saturated rings. The van der Waals surface area contributed by atoms with Gasteiger partial charge in [0.15, 0.2) is 0 Å². The summed E-state index contributed by atoms with van der Waals surface area (Å²) in [5.41, 5.74) is 9.31. The second-order valence-corrected chi connectivity index (χ2v) is 17.0. The zero-order chi connectivity index (χ0) is 34.0. The van der Waals surface area contributed by atoms with Gasteiger partial charge in [0.2, 0.25) is 0 Å². The molecule has 0 unspecified atom stereocenters. The van der Waals surface area contributed by atoms with Crippen molar-refractivity contribution in [1.29, 1.82) is 0 Å². The van der Waals surface area contributed by atoms with Crippen LogP contribution in [-0.2, 0) is 23.0 Å². The number of fused-ring (bicyclic) bond motifs is 6. The number of rotatable bonds is 9. The highest BCUT2D eigenvalue weighted by atomic mass is 35.5. The first-order valence-electron chi connectivity index (χ1n) is 15.2. The Bertz CT molecular complexity index is 2470. The van der Waals surface area contributed by atoms with Crippen LogP contribution in [0.15, 0.2) is 70.3 Å². The lowest BCUT2D eigenvalue weighted by molar-refractivity contribution is 0.485. The Hall–Kier alpha value is -3.19. The van der Waals surface area contributed by atoms with E-state index >= 15 is 0 Å². The van der Waals surface area contributed by atoms with Crippen LogP contribution in [0.4, 0.5) is 0 Å². The Balaban J connectivity index is 1.01. The fourth-order valence-corrected chi connectivity index (χ4v) is 10.2. The first-order valence-corrected chi connectivity index (χ1v) is 19.9. The quantitative estimate of drug-likeness (QED) is 0.116. The van der Waals surface area contributed by atoms with Gasteiger partial charge in [0.1, 0.15) is 4.21 Å². The zero-order valence-electron chi connectivity index (χ0n) is 25.3. The van der Waals surface area contributed by atoms with E-state index < -0.39 is 10.1 Å². The normalized spacial score (nSPS) is 13.5. The van der Waals surface area contributed by atoms with Crippen LogP contribution in [0, 0.1) is 0 Å². The first-order chi connectivity index (χ1) is 23.6. The minimum Gasteiger partial charge on any atom is -0.281 e. The Morgan fingerprint density at radius 1 is 0.755 bits per heavy atom. The topological polar surface area (TPSA) is 90.0 Å². The number of benzene rings is 2. The fourth-order valence-electron chi connectivity index (χ4n) is 6.34. The van der Waals surface area contributed by atoms with Crippen LogP contribution in [-0.4, -0.2) is 32.5 Å². The van der Waals surface area contributed by atoms with E-state index in [-0.39, 0.29) is 4.21 Å². The average Bonchev–Trinajstić information content (AvgIpc) is 3.86. The van der Waals surface area contributed by atoms with Crippen molar-refractivity contribution in [3.05, 3.63) is 120 Å². The molecule has 0 amide bonds. The number of hydrogen-bond acceptors (Lipinski definition) is 6. The number of allylic oxidation sites excluding steroid dienone is 2. The highest BCUT2D eigenvalue weighted by molar-refractivity contribution is 7.88. The third-order valence-corrected chi connectivity index (χ3v) is 13.1. The van der Waals surface area contributed by atoms with Crippen LogP contribution in [0.1, 0.15) is 52.9 Å². The summed E-state index contributed by atoms with van der Waals surface area (Å²) in [4.78, 5) is 1.97. The van der Waals surface area contributed by atoms with Crippen molar-refractivity contribution in [2.75, 3.05) is 0 Å². The van der Waals surface area contributed by atoms with E-state index in [1.165, 1.54) is 22.1 Å². The lowest BCUT2D eigenvalue weighted by atomic mass is 10.1. The van der Waals surface area contributed by atoms with Crippen molar-refractivity contribution in [2.24, 2.45) is 0 Å². The number of nitrogens with zero attached hydrogens (tertiary/aromatic N) is 4. The standard InChI is InChI=1S/C35H24Cl4N4O3S3/c36-21-8-10-29(25(38)17-21)42-32-23(14-19-12-13-47-34(19)32)27(40-42)6-4-2-1-3-5-7-28-24-15-20-16-31(49(44,45)46)48-35(20)33(24)43(41-28)30-11-9-22(37)18-26(30)39/h4-13,16-18H,1-3,14-15H2,(H,44,45,46). The molecule has 1 N–H and O–H groups in total. The van der Waals surface area contributed by atoms with Crippen LogP contribution in [0.5, 0.6) is 0 Å². The molecule has 0 saturated carbocycles. The molecule has 2 aromatic carbocycles. The smallest absolute Gasteiger partial charge is 0.281 e. The second kappa shape index (κ2) is 12.9. The molecule has 0 spiro atoms. The molecule has 0 aliphatic heterocycles. The van der Waals surface area contributed by atoms with Gasteiger partial charge in [-0.25, -0.2) is 9.36 Å². The van der Waals surface area contributed by atoms with Crippen molar-refractivity contribution in [3.8, 4) is 32.5 Å². The third kappa shape index (κ3) is 6.02. The summed E-state index contributed by atoms with van der Waals surface area (Å²) in [6, 6.07) is 14.3. The highest BCUT2D eigenvalue weighted by Gasteiger charge is 2.33. The molecular weight excluding hydrogens is 762 g/mol. The summed E-state index contributed by atoms with van der Waals surface area (Å²) in [5.74, 6) is 0. The lowest BCUT2D eigenvalue weighted by Crippen LogP contribution is -1.99. The molecule has 0 bridgehead atoms. The van der Waals surface area contributed by atoms with E-state index in [2.05, 4.69) is 29.7 Å². The minimum absolute atomic E-state index is 0.0927. The maximum atomic E-state index is 11.9. The van der Waals surface area contributed by atoms with E-state index in [1.807, 2.05) is 22.9 Å². The summed E-state index contributed by atoms with van der Waals surface area (Å²) in [7, 11) is -4.33. The molecule has 0 atom stereocenters. The molecule has 49 heavy (non-hydrogen) atoms. The van der Waals surface area contributed by atoms with Gasteiger partial charge in [0, 0.05) is 34.0 Å². The summed E-state index contributed by atoms with van der Waals surface area (Å²) >= 11 is 28.2. The van der Waals surface area contributed by atoms with Crippen molar-refractivity contribution in [2.45, 2.75) is 36.3 Å². The van der Waals surface area contributed by atoms with Gasteiger partial charge in [-0.05, 0) is 96.5 Å². The van der Waals surface area contributed by atoms with Gasteiger partial charge in [-0.1, -0.05) is 58.6 Å². The Morgan fingerprint density at radius 3 is 1.86 bits per heavy atom. The number of aromatic nitrogens is 4. The molecule has 248 valence electrons. The van der Waals surface area contributed by atoms with Crippen molar-refractivity contribution in [1.82, 2.24) is 19.6 Å². The summed E-state index contributed by atoms with van der Waals surface area (Å²) in [5, 5.41) is 14.0. The van der Waals surface area contributed by atoms with Crippen LogP contribution >= 0.6 is 69.1 Å². The molecule has 8 rings (SSSR count). The van der Waals surface area contributed by atoms with Crippen LogP contribution < -0.4 is 0 Å². The SMILES string of the molecule is O=S(=O)(O)c1cc2c(s1)-c1c(c(C=CCCCC=Cc3nn(-c4ccc(Cl)cc4Cl)c4c3Cc3ccsc3-4)nn1-c1ccc(Cl)cc1Cl)C2. The first kappa shape index (κ1) is 33.0. The molecule has 2 aliphatic carbocycles. The summed E-state index contributed by atoms with van der Waals surface area (Å²) < 4.78 is 37.0. The van der Waals surface area contributed by atoms with Crippen LogP contribution in [0.25, 0.3) is 44.7 Å². The van der Waals surface area contributed by atoms with Gasteiger partial charge in [-0.2, -0.15) is 18.6 Å². The van der Waals surface area contributed by atoms with E-state index in [0.29, 0.717) is 32.2 Å². The third-order valence-electron chi connectivity index (χ3n) is 8.55. The molecule has 4 aromatic heterocycles. The van der Waals surface area contributed by atoms with Crippen molar-refractivity contribution < 1.29 is 13.0 Å².